The normalized spacial score (nSPS) is 19.7. The average molecular weight is 385 g/mol. The van der Waals surface area contributed by atoms with E-state index in [4.69, 9.17) is 4.99 Å². The Morgan fingerprint density at radius 1 is 1.14 bits per heavy atom. The van der Waals surface area contributed by atoms with Crippen molar-refractivity contribution in [2.75, 3.05) is 45.8 Å². The molecule has 2 fully saturated rings. The van der Waals surface area contributed by atoms with Crippen LogP contribution in [-0.4, -0.2) is 72.8 Å². The molecule has 5 heteroatoms. The summed E-state index contributed by atoms with van der Waals surface area (Å²) >= 11 is 0. The summed E-state index contributed by atoms with van der Waals surface area (Å²) in [6.45, 7) is 9.11. The second-order valence-corrected chi connectivity index (χ2v) is 7.86. The number of aliphatic hydroxyl groups excluding tert-OH is 1. The minimum atomic E-state index is -0.0884. The quantitative estimate of drug-likeness (QED) is 0.450. The molecule has 0 radical (unpaired) electrons. The number of aliphatic hydroxyl groups is 1. The lowest BCUT2D eigenvalue weighted by Crippen LogP contribution is -2.44. The molecule has 0 bridgehead atoms. The van der Waals surface area contributed by atoms with E-state index in [1.807, 2.05) is 0 Å². The van der Waals surface area contributed by atoms with Gasteiger partial charge < -0.3 is 20.2 Å². The van der Waals surface area contributed by atoms with Crippen molar-refractivity contribution in [2.45, 2.75) is 45.1 Å². The highest BCUT2D eigenvalue weighted by molar-refractivity contribution is 5.80. The molecule has 0 unspecified atom stereocenters. The fourth-order valence-electron chi connectivity index (χ4n) is 3.98. The molecule has 0 aliphatic carbocycles. The van der Waals surface area contributed by atoms with Gasteiger partial charge >= 0.3 is 0 Å². The van der Waals surface area contributed by atoms with Crippen LogP contribution in [0, 0.1) is 0 Å². The smallest absolute Gasteiger partial charge is 0.193 e. The zero-order valence-corrected chi connectivity index (χ0v) is 17.3. The SMILES string of the molecule is CCNC(=NCCCN1CCC(O)CC1)N1CCC(=Cc2ccccc2)CC1. The Labute approximate surface area is 170 Å². The Balaban J connectivity index is 1.44. The van der Waals surface area contributed by atoms with Crippen LogP contribution in [0.1, 0.15) is 44.6 Å². The van der Waals surface area contributed by atoms with Gasteiger partial charge in [0.1, 0.15) is 0 Å². The molecule has 1 aromatic rings. The zero-order valence-electron chi connectivity index (χ0n) is 17.3. The third-order valence-corrected chi connectivity index (χ3v) is 5.66. The summed E-state index contributed by atoms with van der Waals surface area (Å²) in [7, 11) is 0. The number of hydrogen-bond donors (Lipinski definition) is 2. The van der Waals surface area contributed by atoms with E-state index in [9.17, 15) is 5.11 Å². The van der Waals surface area contributed by atoms with Gasteiger partial charge in [0.15, 0.2) is 5.96 Å². The van der Waals surface area contributed by atoms with Crippen molar-refractivity contribution in [1.29, 1.82) is 0 Å². The molecule has 2 heterocycles. The first-order valence-electron chi connectivity index (χ1n) is 10.9. The largest absolute Gasteiger partial charge is 0.393 e. The number of guanidine groups is 1. The third-order valence-electron chi connectivity index (χ3n) is 5.66. The van der Waals surface area contributed by atoms with E-state index in [0.29, 0.717) is 0 Å². The summed E-state index contributed by atoms with van der Waals surface area (Å²) in [6.07, 6.45) is 7.38. The van der Waals surface area contributed by atoms with E-state index in [1.165, 1.54) is 11.1 Å². The van der Waals surface area contributed by atoms with Crippen molar-refractivity contribution < 1.29 is 5.11 Å². The summed E-state index contributed by atoms with van der Waals surface area (Å²) in [6, 6.07) is 10.6. The molecule has 154 valence electrons. The number of likely N-dealkylation sites (tertiary alicyclic amines) is 2. The Morgan fingerprint density at radius 3 is 2.54 bits per heavy atom. The van der Waals surface area contributed by atoms with E-state index < -0.39 is 0 Å². The summed E-state index contributed by atoms with van der Waals surface area (Å²) < 4.78 is 0. The molecule has 0 aromatic heterocycles. The number of rotatable bonds is 6. The van der Waals surface area contributed by atoms with Crippen LogP contribution in [0.2, 0.25) is 0 Å². The average Bonchev–Trinajstić information content (AvgIpc) is 2.73. The molecule has 28 heavy (non-hydrogen) atoms. The molecule has 2 saturated heterocycles. The molecule has 2 aliphatic rings. The zero-order chi connectivity index (χ0) is 19.6. The van der Waals surface area contributed by atoms with Gasteiger partial charge in [-0.1, -0.05) is 42.0 Å². The van der Waals surface area contributed by atoms with Gasteiger partial charge in [-0.25, -0.2) is 0 Å². The summed E-state index contributed by atoms with van der Waals surface area (Å²) in [5.74, 6) is 1.07. The van der Waals surface area contributed by atoms with Crippen LogP contribution < -0.4 is 5.32 Å². The molecule has 2 N–H and O–H groups in total. The van der Waals surface area contributed by atoms with E-state index in [-0.39, 0.29) is 6.10 Å². The maximum Gasteiger partial charge on any atom is 0.193 e. The molecular weight excluding hydrogens is 348 g/mol. The van der Waals surface area contributed by atoms with E-state index in [2.05, 4.69) is 58.4 Å². The van der Waals surface area contributed by atoms with Crippen LogP contribution in [0.3, 0.4) is 0 Å². The lowest BCUT2D eigenvalue weighted by Gasteiger charge is -2.32. The van der Waals surface area contributed by atoms with Crippen molar-refractivity contribution in [1.82, 2.24) is 15.1 Å². The van der Waals surface area contributed by atoms with Crippen LogP contribution in [0.15, 0.2) is 40.9 Å². The molecular formula is C23H36N4O. The first-order valence-corrected chi connectivity index (χ1v) is 10.9. The second kappa shape index (κ2) is 11.2. The Bertz CT molecular complexity index is 625. The van der Waals surface area contributed by atoms with Gasteiger partial charge in [0.05, 0.1) is 6.10 Å². The molecule has 0 spiro atoms. The molecule has 2 aliphatic heterocycles. The Hall–Kier alpha value is -1.85. The lowest BCUT2D eigenvalue weighted by atomic mass is 10.0. The van der Waals surface area contributed by atoms with E-state index in [0.717, 1.165) is 83.9 Å². The first kappa shape index (κ1) is 20.9. The molecule has 0 atom stereocenters. The monoisotopic (exact) mass is 384 g/mol. The van der Waals surface area contributed by atoms with Gasteiger partial charge in [0.25, 0.3) is 0 Å². The Morgan fingerprint density at radius 2 is 1.86 bits per heavy atom. The van der Waals surface area contributed by atoms with Crippen LogP contribution in [0.5, 0.6) is 0 Å². The van der Waals surface area contributed by atoms with Gasteiger partial charge in [-0.3, -0.25) is 4.99 Å². The van der Waals surface area contributed by atoms with Crippen molar-refractivity contribution in [2.24, 2.45) is 4.99 Å². The van der Waals surface area contributed by atoms with Crippen molar-refractivity contribution in [3.05, 3.63) is 41.5 Å². The van der Waals surface area contributed by atoms with Gasteiger partial charge in [0.2, 0.25) is 0 Å². The molecule has 0 saturated carbocycles. The summed E-state index contributed by atoms with van der Waals surface area (Å²) in [4.78, 5) is 9.74. The summed E-state index contributed by atoms with van der Waals surface area (Å²) in [5, 5.41) is 13.1. The number of piperidine rings is 2. The number of aliphatic imine (C=N–C) groups is 1. The molecule has 3 rings (SSSR count). The van der Waals surface area contributed by atoms with Gasteiger partial charge in [-0.05, 0) is 51.1 Å². The molecule has 0 amide bonds. The number of benzene rings is 1. The van der Waals surface area contributed by atoms with Gasteiger partial charge in [-0.15, -0.1) is 0 Å². The van der Waals surface area contributed by atoms with Crippen molar-refractivity contribution >= 4 is 12.0 Å². The van der Waals surface area contributed by atoms with Gasteiger partial charge in [-0.2, -0.15) is 0 Å². The van der Waals surface area contributed by atoms with Gasteiger partial charge in [0, 0.05) is 39.3 Å². The minimum Gasteiger partial charge on any atom is -0.393 e. The highest BCUT2D eigenvalue weighted by Crippen LogP contribution is 2.19. The number of nitrogens with one attached hydrogen (secondary N) is 1. The predicted molar refractivity (Wildman–Crippen MR) is 118 cm³/mol. The second-order valence-electron chi connectivity index (χ2n) is 7.86. The van der Waals surface area contributed by atoms with E-state index in [1.54, 1.807) is 0 Å². The van der Waals surface area contributed by atoms with Crippen LogP contribution in [0.25, 0.3) is 6.08 Å². The van der Waals surface area contributed by atoms with Crippen molar-refractivity contribution in [3.63, 3.8) is 0 Å². The van der Waals surface area contributed by atoms with E-state index >= 15 is 0 Å². The maximum absolute atomic E-state index is 9.61. The fourth-order valence-corrected chi connectivity index (χ4v) is 3.98. The fraction of sp³-hybridized carbons (Fsp3) is 0.609. The van der Waals surface area contributed by atoms with Crippen LogP contribution >= 0.6 is 0 Å². The minimum absolute atomic E-state index is 0.0884. The topological polar surface area (TPSA) is 51.1 Å². The third kappa shape index (κ3) is 6.64. The Kier molecular flexibility index (Phi) is 8.37. The highest BCUT2D eigenvalue weighted by Gasteiger charge is 2.18. The standard InChI is InChI=1S/C23H36N4O/c1-2-24-23(25-13-6-14-26-15-11-22(28)12-16-26)27-17-9-21(10-18-27)19-20-7-4-3-5-8-20/h3-5,7-8,19,22,28H,2,6,9-18H2,1H3,(H,24,25). The highest BCUT2D eigenvalue weighted by atomic mass is 16.3. The molecule has 1 aromatic carbocycles. The number of hydrogen-bond acceptors (Lipinski definition) is 3. The van der Waals surface area contributed by atoms with Crippen molar-refractivity contribution in [3.8, 4) is 0 Å². The first-order chi connectivity index (χ1) is 13.7. The number of nitrogens with zero attached hydrogens (tertiary/aromatic N) is 3. The molecule has 5 nitrogen and oxygen atoms in total. The lowest BCUT2D eigenvalue weighted by molar-refractivity contribution is 0.0824. The summed E-state index contributed by atoms with van der Waals surface area (Å²) in [5.41, 5.74) is 2.84. The van der Waals surface area contributed by atoms with Crippen LogP contribution in [-0.2, 0) is 0 Å². The maximum atomic E-state index is 9.61. The predicted octanol–water partition coefficient (Wildman–Crippen LogP) is 2.98. The van der Waals surface area contributed by atoms with Crippen LogP contribution in [0.4, 0.5) is 0 Å².